The molecule has 0 spiro atoms. The zero-order valence-electron chi connectivity index (χ0n) is 33.2. The van der Waals surface area contributed by atoms with Crippen LogP contribution in [0, 0.1) is 0 Å². The summed E-state index contributed by atoms with van der Waals surface area (Å²) in [7, 11) is 0. The molecule has 0 aliphatic carbocycles. The van der Waals surface area contributed by atoms with E-state index in [1.165, 1.54) is 99.5 Å². The van der Waals surface area contributed by atoms with Gasteiger partial charge in [-0.15, -0.1) is 0 Å². The van der Waals surface area contributed by atoms with E-state index in [1.807, 2.05) is 0 Å². The number of benzene rings is 10. The van der Waals surface area contributed by atoms with Crippen molar-refractivity contribution >= 4 is 44.8 Å². The zero-order valence-corrected chi connectivity index (χ0v) is 33.2. The summed E-state index contributed by atoms with van der Waals surface area (Å²) in [4.78, 5) is 0. The molecule has 0 aliphatic heterocycles. The molecule has 0 unspecified atom stereocenters. The second-order valence-corrected chi connectivity index (χ2v) is 15.3. The molecular weight excluding hydrogens is 721 g/mol. The van der Waals surface area contributed by atoms with Gasteiger partial charge in [-0.25, -0.2) is 0 Å². The van der Waals surface area contributed by atoms with Crippen LogP contribution in [0.1, 0.15) is 33.4 Å². The summed E-state index contributed by atoms with van der Waals surface area (Å²) in [6, 6.07) is 87.5. The van der Waals surface area contributed by atoms with E-state index in [2.05, 4.69) is 255 Å². The summed E-state index contributed by atoms with van der Waals surface area (Å²) in [5.41, 5.74) is 16.9. The lowest BCUT2D eigenvalue weighted by Gasteiger charge is -2.13. The number of fused-ring (bicyclic) bond motifs is 2. The van der Waals surface area contributed by atoms with Gasteiger partial charge in [-0.2, -0.15) is 0 Å². The van der Waals surface area contributed by atoms with Crippen molar-refractivity contribution in [2.24, 2.45) is 0 Å². The summed E-state index contributed by atoms with van der Waals surface area (Å²) < 4.78 is 0. The maximum atomic E-state index is 2.31. The molecule has 10 aromatic carbocycles. The Morgan fingerprint density at radius 2 is 0.517 bits per heavy atom. The molecule has 0 aliphatic rings. The second-order valence-electron chi connectivity index (χ2n) is 15.3. The van der Waals surface area contributed by atoms with Gasteiger partial charge in [-0.1, -0.05) is 243 Å². The highest BCUT2D eigenvalue weighted by atomic mass is 14.2. The fraction of sp³-hybridized carbons (Fsp3) is 0. The molecule has 60 heavy (non-hydrogen) atoms. The summed E-state index contributed by atoms with van der Waals surface area (Å²) in [5.74, 6) is 0. The molecule has 0 radical (unpaired) electrons. The van der Waals surface area contributed by atoms with E-state index in [9.17, 15) is 0 Å². The van der Waals surface area contributed by atoms with Crippen LogP contribution in [0.2, 0.25) is 0 Å². The average molecular weight is 763 g/mol. The highest BCUT2D eigenvalue weighted by Crippen LogP contribution is 2.35. The molecule has 282 valence electrons. The van der Waals surface area contributed by atoms with Crippen molar-refractivity contribution in [3.63, 3.8) is 0 Å². The molecule has 0 saturated carbocycles. The maximum absolute atomic E-state index is 2.31. The van der Waals surface area contributed by atoms with Gasteiger partial charge in [-0.05, 0) is 112 Å². The minimum absolute atomic E-state index is 1.17. The summed E-state index contributed by atoms with van der Waals surface area (Å²) in [5, 5.41) is 5.01. The number of hydrogen-bond donors (Lipinski definition) is 0. The van der Waals surface area contributed by atoms with Crippen molar-refractivity contribution in [3.05, 3.63) is 276 Å². The molecule has 0 aromatic heterocycles. The van der Waals surface area contributed by atoms with Crippen LogP contribution in [0.3, 0.4) is 0 Å². The van der Waals surface area contributed by atoms with E-state index in [4.69, 9.17) is 0 Å². The first-order valence-corrected chi connectivity index (χ1v) is 20.7. The molecule has 10 aromatic rings. The third-order valence-corrected chi connectivity index (χ3v) is 11.5. The monoisotopic (exact) mass is 762 g/mol. The molecule has 0 fully saturated rings. The minimum atomic E-state index is 1.17. The van der Waals surface area contributed by atoms with Crippen molar-refractivity contribution in [1.29, 1.82) is 0 Å². The number of hydrogen-bond acceptors (Lipinski definition) is 0. The van der Waals surface area contributed by atoms with Crippen LogP contribution < -0.4 is 0 Å². The van der Waals surface area contributed by atoms with Gasteiger partial charge < -0.3 is 0 Å². The Morgan fingerprint density at radius 1 is 0.233 bits per heavy atom. The van der Waals surface area contributed by atoms with Crippen LogP contribution in [-0.2, 0) is 0 Å². The average Bonchev–Trinajstić information content (AvgIpc) is 3.33. The second kappa shape index (κ2) is 16.6. The van der Waals surface area contributed by atoms with E-state index >= 15 is 0 Å². The molecule has 0 heteroatoms. The van der Waals surface area contributed by atoms with Crippen molar-refractivity contribution in [1.82, 2.24) is 0 Å². The SMILES string of the molecule is C(=C(c1ccccc1)c1cccc2ccccc12)c1ccc(-c2ccc(-c3ccc(-c4ccc(C=C(c5ccccc5)c5cccc6ccccc56)cc4)cc3)cc2)cc1. The Bertz CT molecular complexity index is 2890. The van der Waals surface area contributed by atoms with Crippen LogP contribution in [0.5, 0.6) is 0 Å². The molecule has 0 amide bonds. The predicted molar refractivity (Wildman–Crippen MR) is 257 cm³/mol. The van der Waals surface area contributed by atoms with E-state index in [1.54, 1.807) is 0 Å². The van der Waals surface area contributed by atoms with Gasteiger partial charge in [0.15, 0.2) is 0 Å². The van der Waals surface area contributed by atoms with E-state index in [0.717, 1.165) is 0 Å². The van der Waals surface area contributed by atoms with E-state index in [0.29, 0.717) is 0 Å². The quantitative estimate of drug-likeness (QED) is 0.129. The van der Waals surface area contributed by atoms with Crippen molar-refractivity contribution < 1.29 is 0 Å². The maximum Gasteiger partial charge on any atom is -0.00992 e. The van der Waals surface area contributed by atoms with Crippen LogP contribution in [0.15, 0.2) is 243 Å². The standard InChI is InChI=1S/C60H42/c1-3-13-53(14-4-1)59(57-23-11-19-51-17-7-9-21-55(51)57)41-43-25-29-45(30-26-43)47-33-37-49(38-34-47)50-39-35-48(36-40-50)46-31-27-44(28-32-46)42-60(54-15-5-2-6-16-54)58-24-12-20-52-18-8-10-22-56(52)58/h1-42H. The van der Waals surface area contributed by atoms with Gasteiger partial charge in [0, 0.05) is 0 Å². The first-order valence-electron chi connectivity index (χ1n) is 20.7. The molecule has 0 heterocycles. The van der Waals surface area contributed by atoms with Gasteiger partial charge in [0.2, 0.25) is 0 Å². The molecule has 0 bridgehead atoms. The summed E-state index contributed by atoms with van der Waals surface area (Å²) in [6.45, 7) is 0. The summed E-state index contributed by atoms with van der Waals surface area (Å²) in [6.07, 6.45) is 4.63. The predicted octanol–water partition coefficient (Wildman–Crippen LogP) is 16.2. The third kappa shape index (κ3) is 7.63. The first kappa shape index (κ1) is 36.5. The third-order valence-electron chi connectivity index (χ3n) is 11.5. The minimum Gasteiger partial charge on any atom is -0.0622 e. The van der Waals surface area contributed by atoms with Gasteiger partial charge in [0.05, 0.1) is 0 Å². The molecule has 10 rings (SSSR count). The molecular formula is C60H42. The number of rotatable bonds is 9. The van der Waals surface area contributed by atoms with E-state index in [-0.39, 0.29) is 0 Å². The van der Waals surface area contributed by atoms with Gasteiger partial charge in [0.1, 0.15) is 0 Å². The van der Waals surface area contributed by atoms with Crippen LogP contribution in [0.25, 0.3) is 78.2 Å². The highest BCUT2D eigenvalue weighted by Gasteiger charge is 2.12. The fourth-order valence-electron chi connectivity index (χ4n) is 8.38. The topological polar surface area (TPSA) is 0 Å². The van der Waals surface area contributed by atoms with Crippen molar-refractivity contribution in [2.45, 2.75) is 0 Å². The zero-order chi connectivity index (χ0) is 40.1. The fourth-order valence-corrected chi connectivity index (χ4v) is 8.38. The lowest BCUT2D eigenvalue weighted by Crippen LogP contribution is -1.90. The largest absolute Gasteiger partial charge is 0.0622 e. The Morgan fingerprint density at radius 3 is 0.867 bits per heavy atom. The Balaban J connectivity index is 0.866. The van der Waals surface area contributed by atoms with Crippen LogP contribution in [0.4, 0.5) is 0 Å². The normalized spacial score (nSPS) is 11.9. The molecule has 0 saturated heterocycles. The van der Waals surface area contributed by atoms with E-state index < -0.39 is 0 Å². The van der Waals surface area contributed by atoms with Gasteiger partial charge in [-0.3, -0.25) is 0 Å². The Labute approximate surface area is 352 Å². The smallest absolute Gasteiger partial charge is 0.00992 e. The molecule has 0 N–H and O–H groups in total. The van der Waals surface area contributed by atoms with Crippen molar-refractivity contribution in [2.75, 3.05) is 0 Å². The van der Waals surface area contributed by atoms with Gasteiger partial charge in [0.25, 0.3) is 0 Å². The first-order chi connectivity index (χ1) is 29.7. The lowest BCUT2D eigenvalue weighted by molar-refractivity contribution is 1.56. The van der Waals surface area contributed by atoms with Gasteiger partial charge >= 0.3 is 0 Å². The Kier molecular flexibility index (Phi) is 10.1. The highest BCUT2D eigenvalue weighted by molar-refractivity contribution is 6.04. The molecule has 0 nitrogen and oxygen atoms in total. The lowest BCUT2D eigenvalue weighted by atomic mass is 9.91. The van der Waals surface area contributed by atoms with Crippen LogP contribution in [-0.4, -0.2) is 0 Å². The van der Waals surface area contributed by atoms with Crippen molar-refractivity contribution in [3.8, 4) is 33.4 Å². The summed E-state index contributed by atoms with van der Waals surface area (Å²) >= 11 is 0. The Hall–Kier alpha value is -7.80. The molecule has 0 atom stereocenters. The van der Waals surface area contributed by atoms with Crippen LogP contribution >= 0.6 is 0 Å².